The van der Waals surface area contributed by atoms with Gasteiger partial charge in [0, 0.05) is 35.9 Å². The molecule has 3 nitrogen and oxygen atoms in total. The van der Waals surface area contributed by atoms with E-state index in [4.69, 9.17) is 0 Å². The predicted molar refractivity (Wildman–Crippen MR) is 70.6 cm³/mol. The van der Waals surface area contributed by atoms with Gasteiger partial charge in [0.2, 0.25) is 5.13 Å². The summed E-state index contributed by atoms with van der Waals surface area (Å²) in [6.45, 7) is 2.34. The monoisotopic (exact) mass is 301 g/mol. The molecule has 0 N–H and O–H groups in total. The lowest BCUT2D eigenvalue weighted by Crippen LogP contribution is -2.19. The number of rotatable bonds is 4. The zero-order valence-corrected chi connectivity index (χ0v) is 11.6. The third kappa shape index (κ3) is 2.25. The maximum absolute atomic E-state index is 4.67. The Morgan fingerprint density at radius 1 is 1.38 bits per heavy atom. The molecule has 1 saturated carbocycles. The second-order valence-electron chi connectivity index (χ2n) is 4.79. The first-order valence-corrected chi connectivity index (χ1v) is 7.91. The number of alkyl halides is 1. The Hall–Kier alpha value is -0.160. The molecular weight excluding hydrogens is 286 g/mol. The van der Waals surface area contributed by atoms with Crippen LogP contribution in [-0.4, -0.2) is 27.8 Å². The summed E-state index contributed by atoms with van der Waals surface area (Å²) in [6.07, 6.45) is 5.18. The third-order valence-corrected chi connectivity index (χ3v) is 4.70. The van der Waals surface area contributed by atoms with Gasteiger partial charge in [-0.05, 0) is 31.6 Å². The molecule has 0 bridgehead atoms. The van der Waals surface area contributed by atoms with Crippen molar-refractivity contribution in [3.05, 3.63) is 5.82 Å². The zero-order chi connectivity index (χ0) is 11.0. The normalized spacial score (nSPS) is 25.3. The minimum Gasteiger partial charge on any atom is -0.347 e. The summed E-state index contributed by atoms with van der Waals surface area (Å²) in [5.41, 5.74) is 0. The van der Waals surface area contributed by atoms with Crippen molar-refractivity contribution in [2.45, 2.75) is 31.6 Å². The molecule has 3 rings (SSSR count). The summed E-state index contributed by atoms with van der Waals surface area (Å²) in [5.74, 6) is 2.63. The molecule has 0 amide bonds. The number of aromatic nitrogens is 2. The molecule has 1 saturated heterocycles. The lowest BCUT2D eigenvalue weighted by Gasteiger charge is -2.13. The molecule has 1 aliphatic heterocycles. The molecule has 2 fully saturated rings. The summed E-state index contributed by atoms with van der Waals surface area (Å²) in [7, 11) is 0. The second kappa shape index (κ2) is 4.61. The van der Waals surface area contributed by atoms with Gasteiger partial charge in [-0.25, -0.2) is 4.98 Å². The van der Waals surface area contributed by atoms with Crippen molar-refractivity contribution in [1.82, 2.24) is 9.36 Å². The van der Waals surface area contributed by atoms with Crippen LogP contribution in [0.15, 0.2) is 0 Å². The van der Waals surface area contributed by atoms with Crippen molar-refractivity contribution in [1.29, 1.82) is 0 Å². The van der Waals surface area contributed by atoms with Crippen LogP contribution in [0.1, 0.15) is 37.4 Å². The SMILES string of the molecule is BrCCC1CCN(c2nc(C3CC3)ns2)C1. The molecule has 1 aromatic heterocycles. The van der Waals surface area contributed by atoms with Crippen molar-refractivity contribution < 1.29 is 0 Å². The maximum atomic E-state index is 4.67. The van der Waals surface area contributed by atoms with Gasteiger partial charge in [-0.15, -0.1) is 0 Å². The molecule has 0 aromatic carbocycles. The molecule has 1 aliphatic carbocycles. The highest BCUT2D eigenvalue weighted by molar-refractivity contribution is 9.09. The fourth-order valence-electron chi connectivity index (χ4n) is 2.26. The molecule has 16 heavy (non-hydrogen) atoms. The Labute approximate surface area is 109 Å². The van der Waals surface area contributed by atoms with E-state index in [2.05, 4.69) is 30.2 Å². The van der Waals surface area contributed by atoms with Crippen LogP contribution >= 0.6 is 27.5 Å². The number of anilines is 1. The highest BCUT2D eigenvalue weighted by Crippen LogP contribution is 2.40. The number of hydrogen-bond acceptors (Lipinski definition) is 4. The molecule has 1 aromatic rings. The van der Waals surface area contributed by atoms with Crippen LogP contribution in [0.4, 0.5) is 5.13 Å². The fourth-order valence-corrected chi connectivity index (χ4v) is 3.69. The van der Waals surface area contributed by atoms with Crippen molar-refractivity contribution >= 4 is 32.6 Å². The second-order valence-corrected chi connectivity index (χ2v) is 6.31. The van der Waals surface area contributed by atoms with Crippen molar-refractivity contribution in [2.75, 3.05) is 23.3 Å². The van der Waals surface area contributed by atoms with E-state index < -0.39 is 0 Å². The summed E-state index contributed by atoms with van der Waals surface area (Å²) in [4.78, 5) is 7.08. The van der Waals surface area contributed by atoms with E-state index >= 15 is 0 Å². The minimum absolute atomic E-state index is 0.686. The van der Waals surface area contributed by atoms with Crippen LogP contribution in [-0.2, 0) is 0 Å². The third-order valence-electron chi connectivity index (χ3n) is 3.45. The fraction of sp³-hybridized carbons (Fsp3) is 0.818. The summed E-state index contributed by atoms with van der Waals surface area (Å²) >= 11 is 5.11. The Bertz CT molecular complexity index is 364. The molecule has 2 aliphatic rings. The van der Waals surface area contributed by atoms with Crippen molar-refractivity contribution in [3.63, 3.8) is 0 Å². The van der Waals surface area contributed by atoms with Gasteiger partial charge in [0.15, 0.2) is 0 Å². The van der Waals surface area contributed by atoms with Gasteiger partial charge in [-0.3, -0.25) is 0 Å². The average molecular weight is 302 g/mol. The molecule has 88 valence electrons. The standard InChI is InChI=1S/C11H16BrN3S/c12-5-3-8-4-6-15(7-8)11-13-10(14-16-11)9-1-2-9/h8-9H,1-7H2. The molecule has 0 radical (unpaired) electrons. The smallest absolute Gasteiger partial charge is 0.205 e. The average Bonchev–Trinajstić information content (AvgIpc) is 2.85. The summed E-state index contributed by atoms with van der Waals surface area (Å²) < 4.78 is 4.47. The molecule has 1 unspecified atom stereocenters. The Morgan fingerprint density at radius 2 is 2.25 bits per heavy atom. The maximum Gasteiger partial charge on any atom is 0.205 e. The van der Waals surface area contributed by atoms with Gasteiger partial charge in [0.25, 0.3) is 0 Å². The Balaban J connectivity index is 1.63. The summed E-state index contributed by atoms with van der Waals surface area (Å²) in [5, 5.41) is 2.27. The largest absolute Gasteiger partial charge is 0.347 e. The molecule has 1 atom stereocenters. The van der Waals surface area contributed by atoms with Crippen LogP contribution in [0.5, 0.6) is 0 Å². The Morgan fingerprint density at radius 3 is 3.00 bits per heavy atom. The molecule has 5 heteroatoms. The van der Waals surface area contributed by atoms with E-state index in [-0.39, 0.29) is 0 Å². The van der Waals surface area contributed by atoms with Crippen LogP contribution in [0, 0.1) is 5.92 Å². The number of nitrogens with zero attached hydrogens (tertiary/aromatic N) is 3. The van der Waals surface area contributed by atoms with Gasteiger partial charge in [0.1, 0.15) is 5.82 Å². The number of halogens is 1. The van der Waals surface area contributed by atoms with Crippen LogP contribution in [0.25, 0.3) is 0 Å². The summed E-state index contributed by atoms with van der Waals surface area (Å²) in [6, 6.07) is 0. The molecule has 2 heterocycles. The topological polar surface area (TPSA) is 29.0 Å². The lowest BCUT2D eigenvalue weighted by atomic mass is 10.1. The minimum atomic E-state index is 0.686. The first kappa shape index (κ1) is 11.0. The van der Waals surface area contributed by atoms with E-state index in [1.165, 1.54) is 32.2 Å². The van der Waals surface area contributed by atoms with E-state index in [0.29, 0.717) is 5.92 Å². The highest BCUT2D eigenvalue weighted by atomic mass is 79.9. The number of hydrogen-bond donors (Lipinski definition) is 0. The van der Waals surface area contributed by atoms with Gasteiger partial charge in [-0.1, -0.05) is 15.9 Å². The quantitative estimate of drug-likeness (QED) is 0.801. The van der Waals surface area contributed by atoms with Gasteiger partial charge >= 0.3 is 0 Å². The van der Waals surface area contributed by atoms with E-state index in [0.717, 1.165) is 28.7 Å². The van der Waals surface area contributed by atoms with E-state index in [1.54, 1.807) is 11.5 Å². The Kier molecular flexibility index (Phi) is 3.16. The van der Waals surface area contributed by atoms with Crippen LogP contribution in [0.2, 0.25) is 0 Å². The predicted octanol–water partition coefficient (Wildman–Crippen LogP) is 3.03. The van der Waals surface area contributed by atoms with Crippen LogP contribution in [0.3, 0.4) is 0 Å². The molecular formula is C11H16BrN3S. The van der Waals surface area contributed by atoms with Gasteiger partial charge in [-0.2, -0.15) is 4.37 Å². The molecule has 0 spiro atoms. The van der Waals surface area contributed by atoms with Gasteiger partial charge in [0.05, 0.1) is 0 Å². The highest BCUT2D eigenvalue weighted by Gasteiger charge is 2.30. The van der Waals surface area contributed by atoms with Gasteiger partial charge < -0.3 is 4.90 Å². The first-order valence-electron chi connectivity index (χ1n) is 6.01. The lowest BCUT2D eigenvalue weighted by molar-refractivity contribution is 0.576. The van der Waals surface area contributed by atoms with Crippen molar-refractivity contribution in [3.8, 4) is 0 Å². The van der Waals surface area contributed by atoms with Crippen LogP contribution < -0.4 is 4.90 Å². The first-order chi connectivity index (χ1) is 7.86. The van der Waals surface area contributed by atoms with E-state index in [1.807, 2.05) is 0 Å². The van der Waals surface area contributed by atoms with E-state index in [9.17, 15) is 0 Å². The zero-order valence-electron chi connectivity index (χ0n) is 9.23. The van der Waals surface area contributed by atoms with Crippen molar-refractivity contribution in [2.24, 2.45) is 5.92 Å².